The van der Waals surface area contributed by atoms with E-state index >= 15 is 0 Å². The van der Waals surface area contributed by atoms with Gasteiger partial charge in [-0.15, -0.1) is 0 Å². The predicted molar refractivity (Wildman–Crippen MR) is 93.1 cm³/mol. The van der Waals surface area contributed by atoms with Crippen molar-refractivity contribution in [2.45, 2.75) is 46.1 Å². The average molecular weight is 354 g/mol. The second-order valence-electron chi connectivity index (χ2n) is 5.67. The zero-order valence-electron chi connectivity index (χ0n) is 14.4. The van der Waals surface area contributed by atoms with Crippen LogP contribution in [0, 0.1) is 0 Å². The van der Waals surface area contributed by atoms with Crippen LogP contribution in [0.4, 0.5) is 0 Å². The molecule has 0 aliphatic heterocycles. The van der Waals surface area contributed by atoms with Crippen molar-refractivity contribution in [1.29, 1.82) is 0 Å². The van der Waals surface area contributed by atoms with Gasteiger partial charge in [-0.3, -0.25) is 14.4 Å². The Bertz CT molecular complexity index is 569. The van der Waals surface area contributed by atoms with E-state index in [4.69, 9.17) is 16.3 Å². The standard InChI is InChI=1S/C18H24ClNO4/c1-4-24-18(23)11-12-20(13(2)3)17(22)10-9-16(21)14-5-7-15(19)8-6-14/h5-8,13H,4,9-12H2,1-3H3. The normalized spacial score (nSPS) is 10.5. The first-order valence-corrected chi connectivity index (χ1v) is 8.46. The van der Waals surface area contributed by atoms with Crippen molar-refractivity contribution >= 4 is 29.3 Å². The number of halogens is 1. The highest BCUT2D eigenvalue weighted by atomic mass is 35.5. The molecule has 0 saturated heterocycles. The summed E-state index contributed by atoms with van der Waals surface area (Å²) in [6.07, 6.45) is 0.397. The smallest absolute Gasteiger partial charge is 0.307 e. The van der Waals surface area contributed by atoms with Crippen LogP contribution in [0.3, 0.4) is 0 Å². The number of rotatable bonds is 9. The molecule has 0 N–H and O–H groups in total. The van der Waals surface area contributed by atoms with Gasteiger partial charge in [-0.2, -0.15) is 0 Å². The summed E-state index contributed by atoms with van der Waals surface area (Å²) in [4.78, 5) is 37.5. The van der Waals surface area contributed by atoms with Gasteiger partial charge in [-0.25, -0.2) is 0 Å². The first kappa shape index (κ1) is 20.2. The Hall–Kier alpha value is -1.88. The van der Waals surface area contributed by atoms with E-state index in [9.17, 15) is 14.4 Å². The maximum atomic E-state index is 12.3. The Morgan fingerprint density at radius 3 is 2.25 bits per heavy atom. The topological polar surface area (TPSA) is 63.7 Å². The molecule has 1 aromatic rings. The molecule has 24 heavy (non-hydrogen) atoms. The van der Waals surface area contributed by atoms with E-state index < -0.39 is 0 Å². The summed E-state index contributed by atoms with van der Waals surface area (Å²) in [5.41, 5.74) is 0.537. The lowest BCUT2D eigenvalue weighted by atomic mass is 10.1. The molecule has 0 atom stereocenters. The van der Waals surface area contributed by atoms with Gasteiger partial charge in [-0.1, -0.05) is 11.6 Å². The molecular formula is C18H24ClNO4. The van der Waals surface area contributed by atoms with Gasteiger partial charge in [-0.05, 0) is 45.0 Å². The summed E-state index contributed by atoms with van der Waals surface area (Å²) in [7, 11) is 0. The fourth-order valence-corrected chi connectivity index (χ4v) is 2.39. The summed E-state index contributed by atoms with van der Waals surface area (Å²) in [5, 5.41) is 0.563. The lowest BCUT2D eigenvalue weighted by Gasteiger charge is -2.26. The van der Waals surface area contributed by atoms with Crippen LogP contribution in [0.15, 0.2) is 24.3 Å². The molecule has 1 aromatic carbocycles. The number of carbonyl (C=O) groups is 3. The van der Waals surface area contributed by atoms with Crippen molar-refractivity contribution in [3.8, 4) is 0 Å². The third kappa shape index (κ3) is 6.71. The molecule has 1 amide bonds. The van der Waals surface area contributed by atoms with Crippen LogP contribution in [-0.4, -0.2) is 41.8 Å². The Labute approximate surface area is 147 Å². The number of esters is 1. The van der Waals surface area contributed by atoms with Crippen molar-refractivity contribution in [2.24, 2.45) is 0 Å². The Morgan fingerprint density at radius 2 is 1.71 bits per heavy atom. The van der Waals surface area contributed by atoms with E-state index in [0.29, 0.717) is 23.7 Å². The molecule has 0 saturated carbocycles. The molecule has 0 spiro atoms. The van der Waals surface area contributed by atoms with Gasteiger partial charge in [0.2, 0.25) is 5.91 Å². The number of ketones is 1. The molecule has 1 rings (SSSR count). The highest BCUT2D eigenvalue weighted by Gasteiger charge is 2.19. The third-order valence-corrected chi connectivity index (χ3v) is 3.79. The minimum Gasteiger partial charge on any atom is -0.466 e. The first-order chi connectivity index (χ1) is 11.3. The highest BCUT2D eigenvalue weighted by Crippen LogP contribution is 2.13. The predicted octanol–water partition coefficient (Wildman–Crippen LogP) is 3.49. The summed E-state index contributed by atoms with van der Waals surface area (Å²) in [6, 6.07) is 6.55. The number of ether oxygens (including phenoxy) is 1. The number of hydrogen-bond donors (Lipinski definition) is 0. The summed E-state index contributed by atoms with van der Waals surface area (Å²) in [5.74, 6) is -0.570. The van der Waals surface area contributed by atoms with Gasteiger partial charge in [0.25, 0.3) is 0 Å². The summed E-state index contributed by atoms with van der Waals surface area (Å²) in [6.45, 7) is 6.12. The molecular weight excluding hydrogens is 330 g/mol. The van der Waals surface area contributed by atoms with Gasteiger partial charge in [0.05, 0.1) is 13.0 Å². The molecule has 5 nitrogen and oxygen atoms in total. The van der Waals surface area contributed by atoms with Crippen LogP contribution in [0.2, 0.25) is 5.02 Å². The third-order valence-electron chi connectivity index (χ3n) is 3.54. The molecule has 0 heterocycles. The van der Waals surface area contributed by atoms with Crippen LogP contribution in [0.5, 0.6) is 0 Å². The van der Waals surface area contributed by atoms with Crippen molar-refractivity contribution in [2.75, 3.05) is 13.2 Å². The van der Waals surface area contributed by atoms with E-state index in [2.05, 4.69) is 0 Å². The molecule has 0 unspecified atom stereocenters. The maximum absolute atomic E-state index is 12.3. The lowest BCUT2D eigenvalue weighted by molar-refractivity contribution is -0.144. The molecule has 0 fully saturated rings. The quantitative estimate of drug-likeness (QED) is 0.503. The zero-order valence-corrected chi connectivity index (χ0v) is 15.1. The number of nitrogens with zero attached hydrogens (tertiary/aromatic N) is 1. The molecule has 0 bridgehead atoms. The zero-order chi connectivity index (χ0) is 18.1. The van der Waals surface area contributed by atoms with Gasteiger partial charge >= 0.3 is 5.97 Å². The minimum atomic E-state index is -0.326. The van der Waals surface area contributed by atoms with E-state index in [-0.39, 0.29) is 43.0 Å². The second-order valence-corrected chi connectivity index (χ2v) is 6.10. The number of benzene rings is 1. The Kier molecular flexibility index (Phi) is 8.47. The molecule has 0 aliphatic carbocycles. The number of Topliss-reactive ketones (excluding diaryl/α,β-unsaturated/α-hetero) is 1. The number of carbonyl (C=O) groups excluding carboxylic acids is 3. The van der Waals surface area contributed by atoms with E-state index in [1.54, 1.807) is 36.1 Å². The molecule has 6 heteroatoms. The van der Waals surface area contributed by atoms with Crippen molar-refractivity contribution in [3.63, 3.8) is 0 Å². The molecule has 0 radical (unpaired) electrons. The SMILES string of the molecule is CCOC(=O)CCN(C(=O)CCC(=O)c1ccc(Cl)cc1)C(C)C. The summed E-state index contributed by atoms with van der Waals surface area (Å²) >= 11 is 5.79. The number of hydrogen-bond acceptors (Lipinski definition) is 4. The fourth-order valence-electron chi connectivity index (χ4n) is 2.26. The average Bonchev–Trinajstić information content (AvgIpc) is 2.53. The van der Waals surface area contributed by atoms with E-state index in [0.717, 1.165) is 0 Å². The van der Waals surface area contributed by atoms with E-state index in [1.165, 1.54) is 0 Å². The second kappa shape index (κ2) is 10.1. The van der Waals surface area contributed by atoms with Crippen LogP contribution >= 0.6 is 11.6 Å². The minimum absolute atomic E-state index is 0.0439. The van der Waals surface area contributed by atoms with Crippen molar-refractivity contribution in [1.82, 2.24) is 4.90 Å². The van der Waals surface area contributed by atoms with E-state index in [1.807, 2.05) is 13.8 Å². The van der Waals surface area contributed by atoms with Gasteiger partial charge < -0.3 is 9.64 Å². The molecule has 0 aliphatic rings. The molecule has 132 valence electrons. The van der Waals surface area contributed by atoms with Crippen LogP contribution in [0.25, 0.3) is 0 Å². The Balaban J connectivity index is 2.54. The summed E-state index contributed by atoms with van der Waals surface area (Å²) < 4.78 is 4.88. The number of amides is 1. The highest BCUT2D eigenvalue weighted by molar-refractivity contribution is 6.30. The van der Waals surface area contributed by atoms with Gasteiger partial charge in [0.1, 0.15) is 0 Å². The van der Waals surface area contributed by atoms with Crippen molar-refractivity contribution in [3.05, 3.63) is 34.9 Å². The van der Waals surface area contributed by atoms with Crippen LogP contribution < -0.4 is 0 Å². The first-order valence-electron chi connectivity index (χ1n) is 8.09. The monoisotopic (exact) mass is 353 g/mol. The molecule has 0 aromatic heterocycles. The lowest BCUT2D eigenvalue weighted by Crippen LogP contribution is -2.38. The largest absolute Gasteiger partial charge is 0.466 e. The van der Waals surface area contributed by atoms with Crippen LogP contribution in [0.1, 0.15) is 50.4 Å². The maximum Gasteiger partial charge on any atom is 0.307 e. The fraction of sp³-hybridized carbons (Fsp3) is 0.500. The van der Waals surface area contributed by atoms with Gasteiger partial charge in [0.15, 0.2) is 5.78 Å². The Morgan fingerprint density at radius 1 is 1.08 bits per heavy atom. The van der Waals surface area contributed by atoms with Crippen molar-refractivity contribution < 1.29 is 19.1 Å². The van der Waals surface area contributed by atoms with Crippen LogP contribution in [-0.2, 0) is 14.3 Å². The van der Waals surface area contributed by atoms with Gasteiger partial charge in [0, 0.05) is 36.0 Å².